The van der Waals surface area contributed by atoms with E-state index in [0.717, 1.165) is 5.08 Å². The van der Waals surface area contributed by atoms with E-state index in [4.69, 9.17) is 4.74 Å². The number of amides is 2. The Morgan fingerprint density at radius 1 is 1.16 bits per heavy atom. The van der Waals surface area contributed by atoms with Crippen molar-refractivity contribution in [2.45, 2.75) is 13.0 Å². The average molecular weight is 302 g/mol. The van der Waals surface area contributed by atoms with E-state index in [2.05, 4.69) is 10.6 Å². The maximum atomic E-state index is 11.5. The monoisotopic (exact) mass is 302 g/mol. The molecule has 0 radical (unpaired) electrons. The van der Waals surface area contributed by atoms with Gasteiger partial charge in [0, 0.05) is 36.9 Å². The van der Waals surface area contributed by atoms with Gasteiger partial charge in [-0.1, -0.05) is 0 Å². The van der Waals surface area contributed by atoms with Crippen molar-refractivity contribution in [3.63, 3.8) is 0 Å². The SMILES string of the molecule is CCOC1CNC(=O)/C=C/SCS/C=C/C(=O)NC1. The summed E-state index contributed by atoms with van der Waals surface area (Å²) in [7, 11) is 0. The highest BCUT2D eigenvalue weighted by Gasteiger charge is 2.10. The Balaban J connectivity index is 2.57. The Morgan fingerprint density at radius 3 is 2.16 bits per heavy atom. The summed E-state index contributed by atoms with van der Waals surface area (Å²) < 4.78 is 5.45. The van der Waals surface area contributed by atoms with E-state index in [1.54, 1.807) is 10.8 Å². The molecular weight excluding hydrogens is 284 g/mol. The highest BCUT2D eigenvalue weighted by Crippen LogP contribution is 2.13. The molecule has 2 amide bonds. The molecule has 0 spiro atoms. The first-order valence-electron chi connectivity index (χ1n) is 5.96. The van der Waals surface area contributed by atoms with Crippen molar-refractivity contribution < 1.29 is 14.3 Å². The van der Waals surface area contributed by atoms with Crippen LogP contribution < -0.4 is 10.6 Å². The zero-order chi connectivity index (χ0) is 13.9. The average Bonchev–Trinajstić information content (AvgIpc) is 2.40. The van der Waals surface area contributed by atoms with Crippen LogP contribution in [0.3, 0.4) is 0 Å². The molecule has 5 nitrogen and oxygen atoms in total. The third kappa shape index (κ3) is 7.97. The second-order valence-electron chi connectivity index (χ2n) is 3.62. The molecule has 0 aromatic heterocycles. The molecule has 0 aliphatic carbocycles. The Morgan fingerprint density at radius 2 is 1.68 bits per heavy atom. The van der Waals surface area contributed by atoms with Crippen LogP contribution in [-0.2, 0) is 14.3 Å². The highest BCUT2D eigenvalue weighted by molar-refractivity contribution is 8.18. The van der Waals surface area contributed by atoms with Crippen LogP contribution in [0.1, 0.15) is 6.92 Å². The lowest BCUT2D eigenvalue weighted by Gasteiger charge is -2.17. The van der Waals surface area contributed by atoms with Gasteiger partial charge in [-0.05, 0) is 17.7 Å². The van der Waals surface area contributed by atoms with Crippen molar-refractivity contribution in [3.05, 3.63) is 23.0 Å². The maximum Gasteiger partial charge on any atom is 0.244 e. The summed E-state index contributed by atoms with van der Waals surface area (Å²) in [6.45, 7) is 3.16. The van der Waals surface area contributed by atoms with Crippen LogP contribution in [0.15, 0.2) is 23.0 Å². The van der Waals surface area contributed by atoms with Crippen LogP contribution in [0.4, 0.5) is 0 Å². The zero-order valence-electron chi connectivity index (χ0n) is 10.8. The van der Waals surface area contributed by atoms with Gasteiger partial charge < -0.3 is 15.4 Å². The molecule has 0 fully saturated rings. The van der Waals surface area contributed by atoms with Gasteiger partial charge >= 0.3 is 0 Å². The summed E-state index contributed by atoms with van der Waals surface area (Å²) in [6, 6.07) is 0. The zero-order valence-corrected chi connectivity index (χ0v) is 12.4. The molecule has 0 aromatic rings. The van der Waals surface area contributed by atoms with Gasteiger partial charge in [-0.25, -0.2) is 0 Å². The molecule has 1 heterocycles. The summed E-state index contributed by atoms with van der Waals surface area (Å²) in [6.07, 6.45) is 2.79. The number of rotatable bonds is 2. The number of nitrogens with one attached hydrogen (secondary N) is 2. The summed E-state index contributed by atoms with van der Waals surface area (Å²) in [5.74, 6) is -0.303. The first-order chi connectivity index (χ1) is 9.22. The second-order valence-corrected chi connectivity index (χ2v) is 5.78. The Bertz CT molecular complexity index is 329. The van der Waals surface area contributed by atoms with Crippen molar-refractivity contribution in [1.29, 1.82) is 0 Å². The highest BCUT2D eigenvalue weighted by atomic mass is 32.2. The lowest BCUT2D eigenvalue weighted by molar-refractivity contribution is -0.117. The molecule has 2 N–H and O–H groups in total. The van der Waals surface area contributed by atoms with Crippen LogP contribution in [0.25, 0.3) is 0 Å². The largest absolute Gasteiger partial charge is 0.375 e. The Hall–Kier alpha value is -0.920. The van der Waals surface area contributed by atoms with Gasteiger partial charge in [-0.15, -0.1) is 23.5 Å². The molecule has 0 unspecified atom stereocenters. The fraction of sp³-hybridized carbons (Fsp3) is 0.500. The van der Waals surface area contributed by atoms with E-state index >= 15 is 0 Å². The van der Waals surface area contributed by atoms with Crippen molar-refractivity contribution in [2.24, 2.45) is 0 Å². The van der Waals surface area contributed by atoms with Crippen LogP contribution in [0.5, 0.6) is 0 Å². The van der Waals surface area contributed by atoms with E-state index < -0.39 is 0 Å². The summed E-state index contributed by atoms with van der Waals surface area (Å²) in [5, 5.41) is 9.75. The third-order valence-electron chi connectivity index (χ3n) is 2.18. The predicted molar refractivity (Wildman–Crippen MR) is 79.8 cm³/mol. The topological polar surface area (TPSA) is 67.4 Å². The molecule has 1 aliphatic rings. The van der Waals surface area contributed by atoms with Gasteiger partial charge in [0.2, 0.25) is 11.8 Å². The molecule has 106 valence electrons. The number of carbonyl (C=O) groups is 2. The molecule has 0 aromatic carbocycles. The molecule has 1 aliphatic heterocycles. The van der Waals surface area contributed by atoms with Crippen molar-refractivity contribution >= 4 is 35.3 Å². The first-order valence-corrected chi connectivity index (χ1v) is 8.05. The van der Waals surface area contributed by atoms with E-state index in [0.29, 0.717) is 19.7 Å². The molecule has 1 rings (SSSR count). The molecule has 19 heavy (non-hydrogen) atoms. The fourth-order valence-corrected chi connectivity index (χ4v) is 2.69. The van der Waals surface area contributed by atoms with E-state index in [1.165, 1.54) is 35.7 Å². The van der Waals surface area contributed by atoms with Gasteiger partial charge in [0.15, 0.2) is 0 Å². The molecular formula is C12H18N2O3S2. The number of carbonyl (C=O) groups excluding carboxylic acids is 2. The van der Waals surface area contributed by atoms with Gasteiger partial charge in [-0.2, -0.15) is 0 Å². The predicted octanol–water partition coefficient (Wildman–Crippen LogP) is 1.09. The normalized spacial score (nSPS) is 23.0. The van der Waals surface area contributed by atoms with Crippen molar-refractivity contribution in [2.75, 3.05) is 24.8 Å². The van der Waals surface area contributed by atoms with Gasteiger partial charge in [0.1, 0.15) is 0 Å². The number of hydrogen-bond acceptors (Lipinski definition) is 5. The van der Waals surface area contributed by atoms with Crippen molar-refractivity contribution in [3.8, 4) is 0 Å². The van der Waals surface area contributed by atoms with Crippen LogP contribution in [-0.4, -0.2) is 42.7 Å². The molecule has 7 heteroatoms. The minimum absolute atomic E-state index is 0.152. The molecule has 0 saturated carbocycles. The first kappa shape index (κ1) is 16.1. The van der Waals surface area contributed by atoms with Gasteiger partial charge in [0.25, 0.3) is 0 Å². The maximum absolute atomic E-state index is 11.5. The Kier molecular flexibility index (Phi) is 8.44. The third-order valence-corrected chi connectivity index (χ3v) is 3.92. The van der Waals surface area contributed by atoms with E-state index in [-0.39, 0.29) is 17.9 Å². The van der Waals surface area contributed by atoms with E-state index in [1.807, 2.05) is 6.92 Å². The van der Waals surface area contributed by atoms with Crippen LogP contribution in [0, 0.1) is 0 Å². The lowest BCUT2D eigenvalue weighted by atomic mass is 10.3. The van der Waals surface area contributed by atoms with Gasteiger partial charge in [0.05, 0.1) is 6.10 Å². The van der Waals surface area contributed by atoms with E-state index in [9.17, 15) is 9.59 Å². The van der Waals surface area contributed by atoms with Gasteiger partial charge in [-0.3, -0.25) is 9.59 Å². The minimum Gasteiger partial charge on any atom is -0.375 e. The summed E-state index contributed by atoms with van der Waals surface area (Å²) in [5.41, 5.74) is 0. The molecule has 0 bridgehead atoms. The van der Waals surface area contributed by atoms with Crippen LogP contribution in [0.2, 0.25) is 0 Å². The quantitative estimate of drug-likeness (QED) is 0.799. The fourth-order valence-electron chi connectivity index (χ4n) is 1.31. The second kappa shape index (κ2) is 9.94. The summed E-state index contributed by atoms with van der Waals surface area (Å²) in [4.78, 5) is 23.0. The lowest BCUT2D eigenvalue weighted by Crippen LogP contribution is -2.40. The van der Waals surface area contributed by atoms with Crippen molar-refractivity contribution in [1.82, 2.24) is 10.6 Å². The minimum atomic E-state index is -0.219. The number of hydrogen-bond donors (Lipinski definition) is 2. The molecule has 0 atom stereocenters. The number of ether oxygens (including phenoxy) is 1. The summed E-state index contributed by atoms with van der Waals surface area (Å²) >= 11 is 3.01. The van der Waals surface area contributed by atoms with Crippen LogP contribution >= 0.6 is 23.5 Å². The standard InChI is InChI=1S/C12H18N2O3S2/c1-2-17-10-7-13-11(15)3-5-18-9-19-6-4-12(16)14-8-10/h3-6,10H,2,7-9H2,1H3,(H,13,15)(H,14,16)/b5-3+,6-4+. The molecule has 0 saturated heterocycles. The smallest absolute Gasteiger partial charge is 0.244 e. The Labute approximate surface area is 121 Å². The number of thioether (sulfide) groups is 2.